The predicted molar refractivity (Wildman–Crippen MR) is 110 cm³/mol. The van der Waals surface area contributed by atoms with Gasteiger partial charge in [0.2, 0.25) is 0 Å². The molecule has 0 bridgehead atoms. The van der Waals surface area contributed by atoms with Gasteiger partial charge in [0.25, 0.3) is 5.91 Å². The van der Waals surface area contributed by atoms with E-state index in [9.17, 15) is 4.79 Å². The fourth-order valence-electron chi connectivity index (χ4n) is 2.60. The number of pyridine rings is 1. The zero-order valence-corrected chi connectivity index (χ0v) is 16.0. The minimum atomic E-state index is -0.124. The lowest BCUT2D eigenvalue weighted by molar-refractivity contribution is 0.0954. The summed E-state index contributed by atoms with van der Waals surface area (Å²) in [6, 6.07) is 19.6. The number of carbonyl (C=O) groups is 1. The topological polar surface area (TPSA) is 54.0 Å². The van der Waals surface area contributed by atoms with Gasteiger partial charge >= 0.3 is 0 Å². The molecule has 0 aliphatic rings. The summed E-state index contributed by atoms with van der Waals surface area (Å²) in [6.45, 7) is 3.33. The molecular weight excluding hydrogens is 358 g/mol. The van der Waals surface area contributed by atoms with Crippen molar-refractivity contribution in [2.45, 2.75) is 19.9 Å². The number of anilines is 1. The lowest BCUT2D eigenvalue weighted by atomic mass is 10.1. The van der Waals surface area contributed by atoms with Gasteiger partial charge in [-0.25, -0.2) is 4.98 Å². The van der Waals surface area contributed by atoms with Gasteiger partial charge in [0.05, 0.1) is 5.56 Å². The standard InChI is InChI=1S/C22H22ClN3O/c1-16-2-4-18(5-3-16)14-25-21-11-8-19(15-26-21)22(27)24-13-12-17-6-9-20(23)10-7-17/h2-11,15H,12-14H2,1H3,(H,24,27)(H,25,26). The van der Waals surface area contributed by atoms with Crippen LogP contribution in [0.4, 0.5) is 5.82 Å². The Morgan fingerprint density at radius 2 is 1.67 bits per heavy atom. The Balaban J connectivity index is 1.46. The van der Waals surface area contributed by atoms with Crippen LogP contribution in [0.5, 0.6) is 0 Å². The van der Waals surface area contributed by atoms with Gasteiger partial charge in [-0.05, 0) is 48.7 Å². The smallest absolute Gasteiger partial charge is 0.252 e. The van der Waals surface area contributed by atoms with E-state index in [-0.39, 0.29) is 5.91 Å². The van der Waals surface area contributed by atoms with Crippen LogP contribution in [0.1, 0.15) is 27.0 Å². The number of rotatable bonds is 7. The first-order chi connectivity index (χ1) is 13.1. The maximum atomic E-state index is 12.2. The first-order valence-corrected chi connectivity index (χ1v) is 9.26. The SMILES string of the molecule is Cc1ccc(CNc2ccc(C(=O)NCCc3ccc(Cl)cc3)cn2)cc1. The average Bonchev–Trinajstić information content (AvgIpc) is 2.69. The van der Waals surface area contributed by atoms with Crippen molar-refractivity contribution in [1.29, 1.82) is 0 Å². The molecule has 1 heterocycles. The van der Waals surface area contributed by atoms with Crippen LogP contribution in [0.15, 0.2) is 66.9 Å². The molecule has 4 nitrogen and oxygen atoms in total. The molecule has 0 spiro atoms. The number of carbonyl (C=O) groups excluding carboxylic acids is 1. The van der Waals surface area contributed by atoms with Gasteiger partial charge < -0.3 is 10.6 Å². The second-order valence-electron chi connectivity index (χ2n) is 6.40. The molecule has 138 valence electrons. The van der Waals surface area contributed by atoms with E-state index in [0.717, 1.165) is 17.8 Å². The molecule has 1 aromatic heterocycles. The molecule has 0 unspecified atom stereocenters. The third-order valence-corrected chi connectivity index (χ3v) is 4.48. The maximum Gasteiger partial charge on any atom is 0.252 e. The first kappa shape index (κ1) is 18.9. The normalized spacial score (nSPS) is 10.4. The van der Waals surface area contributed by atoms with Crippen molar-refractivity contribution < 1.29 is 4.79 Å². The number of nitrogens with zero attached hydrogens (tertiary/aromatic N) is 1. The van der Waals surface area contributed by atoms with E-state index < -0.39 is 0 Å². The quantitative estimate of drug-likeness (QED) is 0.629. The van der Waals surface area contributed by atoms with Gasteiger partial charge in [-0.15, -0.1) is 0 Å². The number of nitrogens with one attached hydrogen (secondary N) is 2. The van der Waals surface area contributed by atoms with Crippen LogP contribution in [-0.4, -0.2) is 17.4 Å². The molecule has 0 saturated carbocycles. The van der Waals surface area contributed by atoms with Crippen LogP contribution in [-0.2, 0) is 13.0 Å². The van der Waals surface area contributed by atoms with Crippen molar-refractivity contribution >= 4 is 23.3 Å². The van der Waals surface area contributed by atoms with Crippen LogP contribution < -0.4 is 10.6 Å². The van der Waals surface area contributed by atoms with Gasteiger partial charge in [0.15, 0.2) is 0 Å². The molecule has 27 heavy (non-hydrogen) atoms. The summed E-state index contributed by atoms with van der Waals surface area (Å²) in [4.78, 5) is 16.5. The Morgan fingerprint density at radius 3 is 2.33 bits per heavy atom. The lowest BCUT2D eigenvalue weighted by Crippen LogP contribution is -2.25. The van der Waals surface area contributed by atoms with Crippen LogP contribution in [0.2, 0.25) is 5.02 Å². The molecule has 2 N–H and O–H groups in total. The van der Waals surface area contributed by atoms with Gasteiger partial charge in [0.1, 0.15) is 5.82 Å². The zero-order valence-electron chi connectivity index (χ0n) is 15.2. The highest BCUT2D eigenvalue weighted by atomic mass is 35.5. The van der Waals surface area contributed by atoms with Crippen molar-refractivity contribution in [2.24, 2.45) is 0 Å². The van der Waals surface area contributed by atoms with Gasteiger partial charge in [-0.3, -0.25) is 4.79 Å². The van der Waals surface area contributed by atoms with Crippen LogP contribution >= 0.6 is 11.6 Å². The van der Waals surface area contributed by atoms with Crippen molar-refractivity contribution in [3.05, 3.63) is 94.1 Å². The van der Waals surface area contributed by atoms with Gasteiger partial charge in [0, 0.05) is 24.3 Å². The summed E-state index contributed by atoms with van der Waals surface area (Å²) in [7, 11) is 0. The fourth-order valence-corrected chi connectivity index (χ4v) is 2.73. The Bertz CT molecular complexity index is 875. The van der Waals surface area contributed by atoms with E-state index in [1.165, 1.54) is 11.1 Å². The molecule has 0 aliphatic carbocycles. The number of hydrogen-bond acceptors (Lipinski definition) is 3. The number of benzene rings is 2. The van der Waals surface area contributed by atoms with E-state index in [1.807, 2.05) is 30.3 Å². The molecular formula is C22H22ClN3O. The molecule has 2 aromatic carbocycles. The highest BCUT2D eigenvalue weighted by Gasteiger charge is 2.06. The summed E-state index contributed by atoms with van der Waals surface area (Å²) in [5.74, 6) is 0.620. The van der Waals surface area contributed by atoms with E-state index >= 15 is 0 Å². The molecule has 0 radical (unpaired) electrons. The largest absolute Gasteiger partial charge is 0.366 e. The van der Waals surface area contributed by atoms with Crippen molar-refractivity contribution in [3.63, 3.8) is 0 Å². The fraction of sp³-hybridized carbons (Fsp3) is 0.182. The van der Waals surface area contributed by atoms with E-state index in [4.69, 9.17) is 11.6 Å². The first-order valence-electron chi connectivity index (χ1n) is 8.88. The molecule has 3 aromatic rings. The van der Waals surface area contributed by atoms with E-state index in [2.05, 4.69) is 46.8 Å². The minimum Gasteiger partial charge on any atom is -0.366 e. The van der Waals surface area contributed by atoms with Crippen molar-refractivity contribution in [2.75, 3.05) is 11.9 Å². The molecule has 0 atom stereocenters. The van der Waals surface area contributed by atoms with E-state index in [1.54, 1.807) is 12.3 Å². The number of amides is 1. The minimum absolute atomic E-state index is 0.124. The van der Waals surface area contributed by atoms with Gasteiger partial charge in [-0.2, -0.15) is 0 Å². The number of aromatic nitrogens is 1. The summed E-state index contributed by atoms with van der Waals surface area (Å²) in [5, 5.41) is 6.89. The van der Waals surface area contributed by atoms with E-state index in [0.29, 0.717) is 23.7 Å². The van der Waals surface area contributed by atoms with Crippen LogP contribution in [0.3, 0.4) is 0 Å². The van der Waals surface area contributed by atoms with Crippen molar-refractivity contribution in [3.8, 4) is 0 Å². The monoisotopic (exact) mass is 379 g/mol. The summed E-state index contributed by atoms with van der Waals surface area (Å²) >= 11 is 5.87. The second kappa shape index (κ2) is 9.19. The molecule has 0 saturated heterocycles. The van der Waals surface area contributed by atoms with Crippen molar-refractivity contribution in [1.82, 2.24) is 10.3 Å². The summed E-state index contributed by atoms with van der Waals surface area (Å²) in [6.07, 6.45) is 2.35. The average molecular weight is 380 g/mol. The molecule has 0 aliphatic heterocycles. The molecule has 3 rings (SSSR count). The zero-order chi connectivity index (χ0) is 19.1. The highest BCUT2D eigenvalue weighted by molar-refractivity contribution is 6.30. The number of hydrogen-bond donors (Lipinski definition) is 2. The van der Waals surface area contributed by atoms with Crippen LogP contribution in [0.25, 0.3) is 0 Å². The highest BCUT2D eigenvalue weighted by Crippen LogP contribution is 2.11. The number of aryl methyl sites for hydroxylation is 1. The lowest BCUT2D eigenvalue weighted by Gasteiger charge is -2.08. The second-order valence-corrected chi connectivity index (χ2v) is 6.84. The van der Waals surface area contributed by atoms with Gasteiger partial charge in [-0.1, -0.05) is 53.6 Å². The Kier molecular flexibility index (Phi) is 6.44. The molecule has 0 fully saturated rings. The number of halogens is 1. The molecule has 5 heteroatoms. The predicted octanol–water partition coefficient (Wildman–Crippen LogP) is 4.63. The maximum absolute atomic E-state index is 12.2. The summed E-state index contributed by atoms with van der Waals surface area (Å²) in [5.41, 5.74) is 4.11. The third-order valence-electron chi connectivity index (χ3n) is 4.23. The summed E-state index contributed by atoms with van der Waals surface area (Å²) < 4.78 is 0. The Labute approximate surface area is 164 Å². The molecule has 1 amide bonds. The third kappa shape index (κ3) is 5.83. The van der Waals surface area contributed by atoms with Crippen LogP contribution in [0, 0.1) is 6.92 Å². The Hall–Kier alpha value is -2.85. The Morgan fingerprint density at radius 1 is 0.963 bits per heavy atom.